The number of rotatable bonds is 10. The summed E-state index contributed by atoms with van der Waals surface area (Å²) in [5, 5.41) is 23.3. The Kier molecular flexibility index (Phi) is 10.0. The van der Waals surface area contributed by atoms with E-state index >= 15 is 0 Å². The Labute approximate surface area is 230 Å². The summed E-state index contributed by atoms with van der Waals surface area (Å²) in [6.45, 7) is 0.657. The SMILES string of the molecule is N#C/C(=C/c1cc(I)c(OCc2cccc([N+](=O)[O-])c2)c(I)c1)C(=O)NCCCc1ccccc1. The molecule has 0 spiro atoms. The molecule has 0 unspecified atom stereocenters. The lowest BCUT2D eigenvalue weighted by Gasteiger charge is -2.12. The van der Waals surface area contributed by atoms with Crippen molar-refractivity contribution in [3.63, 3.8) is 0 Å². The molecule has 0 radical (unpaired) electrons. The second-order valence-electron chi connectivity index (χ2n) is 7.54. The Morgan fingerprint density at radius 3 is 2.40 bits per heavy atom. The van der Waals surface area contributed by atoms with Crippen LogP contribution in [-0.4, -0.2) is 17.4 Å². The second-order valence-corrected chi connectivity index (χ2v) is 9.87. The van der Waals surface area contributed by atoms with Gasteiger partial charge in [0.1, 0.15) is 24.0 Å². The van der Waals surface area contributed by atoms with E-state index in [-0.39, 0.29) is 17.9 Å². The summed E-state index contributed by atoms with van der Waals surface area (Å²) in [6, 6.07) is 22.0. The summed E-state index contributed by atoms with van der Waals surface area (Å²) in [7, 11) is 0. The van der Waals surface area contributed by atoms with E-state index in [1.54, 1.807) is 18.2 Å². The molecule has 0 fully saturated rings. The Bertz CT molecular complexity index is 1260. The zero-order valence-corrected chi connectivity index (χ0v) is 22.9. The average molecular weight is 693 g/mol. The van der Waals surface area contributed by atoms with E-state index in [0.717, 1.165) is 20.0 Å². The number of non-ortho nitro benzene ring substituents is 1. The van der Waals surface area contributed by atoms with Gasteiger partial charge in [-0.1, -0.05) is 42.5 Å². The first kappa shape index (κ1) is 26.6. The van der Waals surface area contributed by atoms with Crippen LogP contribution in [0, 0.1) is 28.6 Å². The number of carbonyl (C=O) groups excluding carboxylic acids is 1. The van der Waals surface area contributed by atoms with Gasteiger partial charge in [0.25, 0.3) is 11.6 Å². The first-order chi connectivity index (χ1) is 16.9. The van der Waals surface area contributed by atoms with E-state index in [9.17, 15) is 20.2 Å². The number of nitro groups is 1. The van der Waals surface area contributed by atoms with Crippen LogP contribution in [0.3, 0.4) is 0 Å². The number of benzene rings is 3. The third-order valence-corrected chi connectivity index (χ3v) is 6.57. The number of hydrogen-bond acceptors (Lipinski definition) is 5. The van der Waals surface area contributed by atoms with Gasteiger partial charge in [0.2, 0.25) is 0 Å². The van der Waals surface area contributed by atoms with Crippen molar-refractivity contribution < 1.29 is 14.5 Å². The smallest absolute Gasteiger partial charge is 0.269 e. The normalized spacial score (nSPS) is 10.9. The van der Waals surface area contributed by atoms with Gasteiger partial charge in [0.05, 0.1) is 12.1 Å². The molecular formula is C26H21I2N3O4. The molecule has 0 atom stereocenters. The maximum atomic E-state index is 12.5. The molecule has 3 aromatic rings. The summed E-state index contributed by atoms with van der Waals surface area (Å²) < 4.78 is 7.52. The number of ether oxygens (including phenoxy) is 1. The van der Waals surface area contributed by atoms with Gasteiger partial charge in [-0.25, -0.2) is 0 Å². The molecule has 3 rings (SSSR count). The van der Waals surface area contributed by atoms with E-state index < -0.39 is 10.8 Å². The van der Waals surface area contributed by atoms with Crippen molar-refractivity contribution >= 4 is 62.9 Å². The molecule has 0 heterocycles. The van der Waals surface area contributed by atoms with Crippen molar-refractivity contribution in [2.24, 2.45) is 0 Å². The lowest BCUT2D eigenvalue weighted by atomic mass is 10.1. The number of nitro benzene ring substituents is 1. The van der Waals surface area contributed by atoms with E-state index in [4.69, 9.17) is 4.74 Å². The molecule has 1 amide bonds. The maximum Gasteiger partial charge on any atom is 0.269 e. The molecular weight excluding hydrogens is 672 g/mol. The quantitative estimate of drug-likeness (QED) is 0.0697. The Morgan fingerprint density at radius 2 is 1.74 bits per heavy atom. The Morgan fingerprint density at radius 1 is 1.06 bits per heavy atom. The highest BCUT2D eigenvalue weighted by Crippen LogP contribution is 2.31. The highest BCUT2D eigenvalue weighted by Gasteiger charge is 2.13. The molecule has 0 saturated heterocycles. The molecule has 0 aliphatic carbocycles. The first-order valence-corrected chi connectivity index (χ1v) is 12.8. The highest BCUT2D eigenvalue weighted by molar-refractivity contribution is 14.1. The third kappa shape index (κ3) is 8.03. The Hall–Kier alpha value is -2.98. The lowest BCUT2D eigenvalue weighted by Crippen LogP contribution is -2.25. The minimum atomic E-state index is -0.440. The largest absolute Gasteiger partial charge is 0.487 e. The van der Waals surface area contributed by atoms with E-state index in [2.05, 4.69) is 50.5 Å². The molecule has 178 valence electrons. The summed E-state index contributed by atoms with van der Waals surface area (Å²) in [4.78, 5) is 23.0. The number of nitriles is 1. The monoisotopic (exact) mass is 693 g/mol. The zero-order chi connectivity index (χ0) is 25.2. The molecule has 7 nitrogen and oxygen atoms in total. The van der Waals surface area contributed by atoms with Gasteiger partial charge in [0, 0.05) is 18.7 Å². The lowest BCUT2D eigenvalue weighted by molar-refractivity contribution is -0.384. The van der Waals surface area contributed by atoms with Crippen molar-refractivity contribution in [1.29, 1.82) is 5.26 Å². The summed E-state index contributed by atoms with van der Waals surface area (Å²) in [5.74, 6) is 0.232. The third-order valence-electron chi connectivity index (χ3n) is 4.97. The molecule has 0 aliphatic rings. The van der Waals surface area contributed by atoms with E-state index in [1.807, 2.05) is 48.5 Å². The average Bonchev–Trinajstić information content (AvgIpc) is 2.85. The van der Waals surface area contributed by atoms with Crippen LogP contribution in [0.5, 0.6) is 5.75 Å². The van der Waals surface area contributed by atoms with Crippen molar-refractivity contribution in [2.45, 2.75) is 19.4 Å². The van der Waals surface area contributed by atoms with Gasteiger partial charge in [0.15, 0.2) is 0 Å². The fourth-order valence-electron chi connectivity index (χ4n) is 3.27. The van der Waals surface area contributed by atoms with Crippen molar-refractivity contribution in [1.82, 2.24) is 5.32 Å². The van der Waals surface area contributed by atoms with Gasteiger partial charge < -0.3 is 10.1 Å². The number of aryl methyl sites for hydroxylation is 1. The molecule has 0 bridgehead atoms. The van der Waals surface area contributed by atoms with Gasteiger partial charge in [-0.3, -0.25) is 14.9 Å². The van der Waals surface area contributed by atoms with Gasteiger partial charge in [-0.2, -0.15) is 5.26 Å². The summed E-state index contributed by atoms with van der Waals surface area (Å²) >= 11 is 4.26. The fourth-order valence-corrected chi connectivity index (χ4v) is 5.39. The minimum Gasteiger partial charge on any atom is -0.487 e. The minimum absolute atomic E-state index is 0.0124. The number of amides is 1. The van der Waals surface area contributed by atoms with Crippen LogP contribution < -0.4 is 10.1 Å². The predicted octanol–water partition coefficient (Wildman–Crippen LogP) is 6.04. The van der Waals surface area contributed by atoms with E-state index in [1.165, 1.54) is 17.7 Å². The van der Waals surface area contributed by atoms with Crippen molar-refractivity contribution in [3.05, 3.63) is 106 Å². The van der Waals surface area contributed by atoms with E-state index in [0.29, 0.717) is 23.4 Å². The molecule has 1 N–H and O–H groups in total. The van der Waals surface area contributed by atoms with Crippen LogP contribution in [0.1, 0.15) is 23.1 Å². The van der Waals surface area contributed by atoms with Crippen LogP contribution in [0.4, 0.5) is 5.69 Å². The predicted molar refractivity (Wildman–Crippen MR) is 151 cm³/mol. The summed E-state index contributed by atoms with van der Waals surface area (Å²) in [6.07, 6.45) is 3.18. The Balaban J connectivity index is 1.62. The van der Waals surface area contributed by atoms with Crippen molar-refractivity contribution in [3.8, 4) is 11.8 Å². The van der Waals surface area contributed by atoms with Crippen LogP contribution in [-0.2, 0) is 17.8 Å². The fraction of sp³-hybridized carbons (Fsp3) is 0.154. The number of carbonyl (C=O) groups is 1. The number of halogens is 2. The highest BCUT2D eigenvalue weighted by atomic mass is 127. The topological polar surface area (TPSA) is 105 Å². The molecule has 0 aromatic heterocycles. The molecule has 35 heavy (non-hydrogen) atoms. The zero-order valence-electron chi connectivity index (χ0n) is 18.5. The van der Waals surface area contributed by atoms with Crippen molar-refractivity contribution in [2.75, 3.05) is 6.54 Å². The van der Waals surface area contributed by atoms with Crippen LogP contribution in [0.15, 0.2) is 72.3 Å². The molecule has 0 aliphatic heterocycles. The van der Waals surface area contributed by atoms with Crippen LogP contribution >= 0.6 is 45.2 Å². The maximum absolute atomic E-state index is 12.5. The second kappa shape index (κ2) is 13.2. The van der Waals surface area contributed by atoms with Gasteiger partial charge >= 0.3 is 0 Å². The van der Waals surface area contributed by atoms with Gasteiger partial charge in [-0.15, -0.1) is 0 Å². The molecule has 0 saturated carbocycles. The summed E-state index contributed by atoms with van der Waals surface area (Å²) in [5.41, 5.74) is 2.64. The standard InChI is InChI=1S/C26H21I2N3O4/c27-23-14-20(12-21(16-29)26(32)30-11-5-9-18-6-2-1-3-7-18)15-24(28)25(23)35-17-19-8-4-10-22(13-19)31(33)34/h1-4,6-8,10,12-15H,5,9,11,17H2,(H,30,32)/b21-12-. The van der Waals surface area contributed by atoms with Crippen LogP contribution in [0.2, 0.25) is 0 Å². The number of hydrogen-bond donors (Lipinski definition) is 1. The van der Waals surface area contributed by atoms with Gasteiger partial charge in [-0.05, 0) is 92.9 Å². The number of nitrogens with one attached hydrogen (secondary N) is 1. The number of nitrogens with zero attached hydrogens (tertiary/aromatic N) is 2. The van der Waals surface area contributed by atoms with Crippen LogP contribution in [0.25, 0.3) is 6.08 Å². The first-order valence-electron chi connectivity index (χ1n) is 10.7. The molecule has 9 heteroatoms. The molecule has 3 aromatic carbocycles.